The van der Waals surface area contributed by atoms with Crippen molar-refractivity contribution in [3.05, 3.63) is 27.7 Å². The molecule has 102 valence electrons. The molecular formula is C10H14BrClN2O3S. The molecule has 0 saturated carbocycles. The second-order valence-corrected chi connectivity index (χ2v) is 6.58. The predicted octanol–water partition coefficient (Wildman–Crippen LogP) is 2.07. The van der Waals surface area contributed by atoms with Gasteiger partial charge in [0.05, 0.1) is 15.2 Å². The van der Waals surface area contributed by atoms with Crippen LogP contribution in [0.15, 0.2) is 22.7 Å². The number of anilines is 1. The van der Waals surface area contributed by atoms with Crippen molar-refractivity contribution in [1.29, 1.82) is 0 Å². The lowest BCUT2D eigenvalue weighted by Crippen LogP contribution is -2.33. The van der Waals surface area contributed by atoms with E-state index in [0.29, 0.717) is 21.6 Å². The first-order valence-corrected chi connectivity index (χ1v) is 7.78. The summed E-state index contributed by atoms with van der Waals surface area (Å²) in [7, 11) is -2.20. The quantitative estimate of drug-likeness (QED) is 0.819. The van der Waals surface area contributed by atoms with Gasteiger partial charge in [0.2, 0.25) is 0 Å². The summed E-state index contributed by atoms with van der Waals surface area (Å²) in [4.78, 5) is 0. The Labute approximate surface area is 120 Å². The summed E-state index contributed by atoms with van der Waals surface area (Å²) >= 11 is 9.09. The van der Waals surface area contributed by atoms with E-state index in [0.717, 1.165) is 4.31 Å². The molecule has 18 heavy (non-hydrogen) atoms. The van der Waals surface area contributed by atoms with Crippen LogP contribution in [0.1, 0.15) is 6.42 Å². The number of nitrogens with one attached hydrogen (secondary N) is 1. The fourth-order valence-corrected chi connectivity index (χ4v) is 2.86. The van der Waals surface area contributed by atoms with Crippen LogP contribution in [0, 0.1) is 0 Å². The van der Waals surface area contributed by atoms with Crippen LogP contribution in [0.4, 0.5) is 5.69 Å². The monoisotopic (exact) mass is 356 g/mol. The minimum absolute atomic E-state index is 0.0548. The van der Waals surface area contributed by atoms with E-state index in [1.54, 1.807) is 18.2 Å². The summed E-state index contributed by atoms with van der Waals surface area (Å²) in [5.74, 6) is 0. The van der Waals surface area contributed by atoms with Gasteiger partial charge >= 0.3 is 10.2 Å². The van der Waals surface area contributed by atoms with Gasteiger partial charge in [-0.15, -0.1) is 0 Å². The van der Waals surface area contributed by atoms with Gasteiger partial charge in [-0.1, -0.05) is 17.7 Å². The van der Waals surface area contributed by atoms with Crippen molar-refractivity contribution in [3.8, 4) is 0 Å². The van der Waals surface area contributed by atoms with Crippen LogP contribution in [0.3, 0.4) is 0 Å². The zero-order valence-electron chi connectivity index (χ0n) is 9.73. The zero-order chi connectivity index (χ0) is 13.8. The third kappa shape index (κ3) is 4.10. The highest BCUT2D eigenvalue weighted by Crippen LogP contribution is 2.30. The first-order chi connectivity index (χ1) is 8.38. The van der Waals surface area contributed by atoms with Crippen LogP contribution < -0.4 is 4.72 Å². The van der Waals surface area contributed by atoms with Gasteiger partial charge < -0.3 is 5.11 Å². The van der Waals surface area contributed by atoms with E-state index in [1.807, 2.05) is 0 Å². The third-order valence-electron chi connectivity index (χ3n) is 2.23. The standard InChI is InChI=1S/C10H14BrClN2O3S/c1-14(6-3-7-15)18(16,17)13-9-5-2-4-8(12)10(9)11/h2,4-5,13,15H,3,6-7H2,1H3. The van der Waals surface area contributed by atoms with Crippen molar-refractivity contribution in [2.24, 2.45) is 0 Å². The smallest absolute Gasteiger partial charge is 0.301 e. The average molecular weight is 358 g/mol. The lowest BCUT2D eigenvalue weighted by molar-refractivity contribution is 0.276. The predicted molar refractivity (Wildman–Crippen MR) is 76.0 cm³/mol. The minimum atomic E-state index is -3.64. The van der Waals surface area contributed by atoms with Crippen LogP contribution in [-0.2, 0) is 10.2 Å². The minimum Gasteiger partial charge on any atom is -0.396 e. The first kappa shape index (κ1) is 15.7. The van der Waals surface area contributed by atoms with Crippen LogP contribution in [0.5, 0.6) is 0 Å². The maximum atomic E-state index is 11.9. The van der Waals surface area contributed by atoms with Gasteiger partial charge in [-0.25, -0.2) is 0 Å². The molecule has 0 saturated heterocycles. The van der Waals surface area contributed by atoms with Crippen LogP contribution in [-0.4, -0.2) is 38.0 Å². The molecule has 0 amide bonds. The largest absolute Gasteiger partial charge is 0.396 e. The van der Waals surface area contributed by atoms with E-state index in [9.17, 15) is 8.42 Å². The molecule has 1 aromatic rings. The van der Waals surface area contributed by atoms with Gasteiger partial charge in [-0.3, -0.25) is 4.72 Å². The maximum absolute atomic E-state index is 11.9. The Balaban J connectivity index is 2.85. The van der Waals surface area contributed by atoms with Gasteiger partial charge in [0, 0.05) is 20.2 Å². The topological polar surface area (TPSA) is 69.6 Å². The molecule has 0 aliphatic carbocycles. The number of rotatable bonds is 6. The van der Waals surface area contributed by atoms with Gasteiger partial charge in [-0.2, -0.15) is 12.7 Å². The number of aliphatic hydroxyl groups is 1. The molecule has 0 heterocycles. The second kappa shape index (κ2) is 6.72. The van der Waals surface area contributed by atoms with Gasteiger partial charge in [-0.05, 0) is 34.5 Å². The third-order valence-corrected chi connectivity index (χ3v) is 5.11. The molecule has 5 nitrogen and oxygen atoms in total. The summed E-state index contributed by atoms with van der Waals surface area (Å²) in [5, 5.41) is 9.11. The molecule has 0 spiro atoms. The molecular weight excluding hydrogens is 344 g/mol. The molecule has 1 aromatic carbocycles. The van der Waals surface area contributed by atoms with E-state index in [1.165, 1.54) is 7.05 Å². The Hall–Kier alpha value is -0.340. The van der Waals surface area contributed by atoms with Crippen molar-refractivity contribution in [2.75, 3.05) is 24.9 Å². The highest BCUT2D eigenvalue weighted by atomic mass is 79.9. The lowest BCUT2D eigenvalue weighted by atomic mass is 10.3. The summed E-state index contributed by atoms with van der Waals surface area (Å²) in [6.07, 6.45) is 0.383. The van der Waals surface area contributed by atoms with Crippen LogP contribution in [0.25, 0.3) is 0 Å². The van der Waals surface area contributed by atoms with Gasteiger partial charge in [0.25, 0.3) is 0 Å². The van der Waals surface area contributed by atoms with E-state index in [2.05, 4.69) is 20.7 Å². The number of nitrogens with zero attached hydrogens (tertiary/aromatic N) is 1. The van der Waals surface area contributed by atoms with Crippen molar-refractivity contribution in [1.82, 2.24) is 4.31 Å². The Kier molecular flexibility index (Phi) is 5.87. The van der Waals surface area contributed by atoms with Gasteiger partial charge in [0.1, 0.15) is 0 Å². The van der Waals surface area contributed by atoms with Crippen molar-refractivity contribution in [2.45, 2.75) is 6.42 Å². The SMILES string of the molecule is CN(CCCO)S(=O)(=O)Nc1cccc(Cl)c1Br. The zero-order valence-corrected chi connectivity index (χ0v) is 12.9. The molecule has 0 aromatic heterocycles. The Bertz CT molecular complexity index is 510. The summed E-state index contributed by atoms with van der Waals surface area (Å²) in [5.41, 5.74) is 0.373. The van der Waals surface area contributed by atoms with Crippen LogP contribution in [0.2, 0.25) is 5.02 Å². The van der Waals surface area contributed by atoms with E-state index in [-0.39, 0.29) is 13.2 Å². The maximum Gasteiger partial charge on any atom is 0.301 e. The molecule has 0 aliphatic heterocycles. The normalized spacial score (nSPS) is 11.8. The highest BCUT2D eigenvalue weighted by molar-refractivity contribution is 9.10. The molecule has 2 N–H and O–H groups in total. The first-order valence-electron chi connectivity index (χ1n) is 5.17. The van der Waals surface area contributed by atoms with Crippen molar-refractivity contribution in [3.63, 3.8) is 0 Å². The van der Waals surface area contributed by atoms with E-state index in [4.69, 9.17) is 16.7 Å². The molecule has 0 bridgehead atoms. The molecule has 0 aliphatic rings. The van der Waals surface area contributed by atoms with E-state index >= 15 is 0 Å². The van der Waals surface area contributed by atoms with Crippen molar-refractivity contribution < 1.29 is 13.5 Å². The molecule has 0 fully saturated rings. The number of aliphatic hydroxyl groups excluding tert-OH is 1. The number of hydrogen-bond donors (Lipinski definition) is 2. The highest BCUT2D eigenvalue weighted by Gasteiger charge is 2.18. The Morgan fingerprint density at radius 2 is 2.17 bits per heavy atom. The van der Waals surface area contributed by atoms with Crippen molar-refractivity contribution >= 4 is 43.4 Å². The summed E-state index contributed by atoms with van der Waals surface area (Å²) < 4.78 is 27.9. The molecule has 1 rings (SSSR count). The second-order valence-electron chi connectivity index (χ2n) is 3.61. The fourth-order valence-electron chi connectivity index (χ4n) is 1.21. The fraction of sp³-hybridized carbons (Fsp3) is 0.400. The Morgan fingerprint density at radius 1 is 1.50 bits per heavy atom. The lowest BCUT2D eigenvalue weighted by Gasteiger charge is -2.18. The van der Waals surface area contributed by atoms with Gasteiger partial charge in [0.15, 0.2) is 0 Å². The average Bonchev–Trinajstić information content (AvgIpc) is 2.31. The molecule has 8 heteroatoms. The molecule has 0 radical (unpaired) electrons. The molecule has 0 atom stereocenters. The summed E-state index contributed by atoms with van der Waals surface area (Å²) in [6, 6.07) is 4.91. The molecule has 0 unspecified atom stereocenters. The number of hydrogen-bond acceptors (Lipinski definition) is 3. The number of benzene rings is 1. The van der Waals surface area contributed by atoms with E-state index < -0.39 is 10.2 Å². The van der Waals surface area contributed by atoms with Crippen LogP contribution >= 0.6 is 27.5 Å². The number of halogens is 2. The Morgan fingerprint density at radius 3 is 2.78 bits per heavy atom. The summed E-state index contributed by atoms with van der Waals surface area (Å²) in [6.45, 7) is 0.185.